The Kier molecular flexibility index (Phi) is 4.70. The first-order valence-corrected chi connectivity index (χ1v) is 7.87. The molecule has 26 heavy (non-hydrogen) atoms. The molecule has 1 heterocycles. The first-order chi connectivity index (χ1) is 12.5. The number of carboxylic acid groups (broad SMARTS) is 1. The number of aromatic nitrogens is 1. The number of fused-ring (bicyclic) bond motifs is 1. The van der Waals surface area contributed by atoms with Crippen LogP contribution in [0.3, 0.4) is 0 Å². The van der Waals surface area contributed by atoms with Gasteiger partial charge in [-0.15, -0.1) is 0 Å². The highest BCUT2D eigenvalue weighted by molar-refractivity contribution is 6.45. The third kappa shape index (κ3) is 3.56. The lowest BCUT2D eigenvalue weighted by Gasteiger charge is -2.14. The number of ketones is 1. The smallest absolute Gasteiger partial charge is 0.326 e. The average molecular weight is 352 g/mol. The van der Waals surface area contributed by atoms with Crippen molar-refractivity contribution < 1.29 is 24.6 Å². The van der Waals surface area contributed by atoms with Crippen LogP contribution in [0.15, 0.2) is 54.7 Å². The Bertz CT molecular complexity index is 975. The standard InChI is InChI=1S/C19H16N2O5/c22-12-7-5-11(6-8-12)9-16(19(25)26)21-18(24)17(23)14-10-20-15-4-2-1-3-13(14)15/h1-8,10,16,20,22H,9H2,(H,21,24)(H,25,26)/t16-/m0/s1. The van der Waals surface area contributed by atoms with Crippen molar-refractivity contribution in [2.75, 3.05) is 0 Å². The maximum Gasteiger partial charge on any atom is 0.326 e. The van der Waals surface area contributed by atoms with Crippen molar-refractivity contribution in [2.24, 2.45) is 0 Å². The van der Waals surface area contributed by atoms with Gasteiger partial charge in [0.15, 0.2) is 0 Å². The number of aromatic amines is 1. The van der Waals surface area contributed by atoms with Gasteiger partial charge in [-0.3, -0.25) is 9.59 Å². The topological polar surface area (TPSA) is 119 Å². The van der Waals surface area contributed by atoms with Crippen LogP contribution in [0.4, 0.5) is 0 Å². The molecule has 1 aromatic heterocycles. The van der Waals surface area contributed by atoms with E-state index in [9.17, 15) is 24.6 Å². The summed E-state index contributed by atoms with van der Waals surface area (Å²) in [6.07, 6.45) is 1.42. The number of aromatic hydroxyl groups is 1. The second-order valence-corrected chi connectivity index (χ2v) is 5.81. The van der Waals surface area contributed by atoms with Crippen LogP contribution >= 0.6 is 0 Å². The SMILES string of the molecule is O=C(N[C@@H](Cc1ccc(O)cc1)C(=O)O)C(=O)c1c[nH]c2ccccc12. The second kappa shape index (κ2) is 7.10. The number of hydrogen-bond donors (Lipinski definition) is 4. The van der Waals surface area contributed by atoms with Crippen molar-refractivity contribution in [1.29, 1.82) is 0 Å². The van der Waals surface area contributed by atoms with Gasteiger partial charge in [-0.25, -0.2) is 4.79 Å². The van der Waals surface area contributed by atoms with Gasteiger partial charge in [0.2, 0.25) is 0 Å². The number of H-pyrrole nitrogens is 1. The largest absolute Gasteiger partial charge is 0.508 e. The Labute approximate surface area is 148 Å². The van der Waals surface area contributed by atoms with Crippen LogP contribution in [0.5, 0.6) is 5.75 Å². The van der Waals surface area contributed by atoms with Crippen LogP contribution in [-0.2, 0) is 16.0 Å². The monoisotopic (exact) mass is 352 g/mol. The third-order valence-corrected chi connectivity index (χ3v) is 4.02. The molecule has 0 spiro atoms. The van der Waals surface area contributed by atoms with Gasteiger partial charge in [-0.2, -0.15) is 0 Å². The van der Waals surface area contributed by atoms with Gasteiger partial charge in [0.25, 0.3) is 11.7 Å². The van der Waals surface area contributed by atoms with E-state index in [4.69, 9.17) is 0 Å². The summed E-state index contributed by atoms with van der Waals surface area (Å²) in [5.74, 6) is -2.99. The Morgan fingerprint density at radius 2 is 1.73 bits per heavy atom. The van der Waals surface area contributed by atoms with Gasteiger partial charge < -0.3 is 20.5 Å². The zero-order valence-corrected chi connectivity index (χ0v) is 13.6. The van der Waals surface area contributed by atoms with E-state index < -0.39 is 23.7 Å². The molecule has 0 saturated heterocycles. The summed E-state index contributed by atoms with van der Waals surface area (Å²) in [6.45, 7) is 0. The lowest BCUT2D eigenvalue weighted by Crippen LogP contribution is -2.45. The van der Waals surface area contributed by atoms with E-state index in [1.807, 2.05) is 0 Å². The number of phenolic OH excluding ortho intramolecular Hbond substituents is 1. The van der Waals surface area contributed by atoms with E-state index in [-0.39, 0.29) is 17.7 Å². The summed E-state index contributed by atoms with van der Waals surface area (Å²) in [6, 6.07) is 11.7. The van der Waals surface area contributed by atoms with Gasteiger partial charge in [-0.05, 0) is 23.8 Å². The summed E-state index contributed by atoms with van der Waals surface area (Å²) in [7, 11) is 0. The highest BCUT2D eigenvalue weighted by Gasteiger charge is 2.26. The predicted molar refractivity (Wildman–Crippen MR) is 94.0 cm³/mol. The lowest BCUT2D eigenvalue weighted by molar-refractivity contribution is -0.141. The molecule has 4 N–H and O–H groups in total. The summed E-state index contributed by atoms with van der Waals surface area (Å²) in [5.41, 5.74) is 1.50. The van der Waals surface area contributed by atoms with Crippen LogP contribution in [0.1, 0.15) is 15.9 Å². The molecule has 0 unspecified atom stereocenters. The molecule has 0 aliphatic rings. The molecule has 0 aliphatic heterocycles. The normalized spacial score (nSPS) is 11.8. The summed E-state index contributed by atoms with van der Waals surface area (Å²) in [5, 5.41) is 21.5. The zero-order chi connectivity index (χ0) is 18.7. The number of aliphatic carboxylic acids is 1. The highest BCUT2D eigenvalue weighted by atomic mass is 16.4. The fraction of sp³-hybridized carbons (Fsp3) is 0.105. The Balaban J connectivity index is 1.76. The molecule has 1 amide bonds. The van der Waals surface area contributed by atoms with Crippen LogP contribution in [0.2, 0.25) is 0 Å². The van der Waals surface area contributed by atoms with E-state index in [1.54, 1.807) is 36.4 Å². The molecule has 7 nitrogen and oxygen atoms in total. The lowest BCUT2D eigenvalue weighted by atomic mass is 10.0. The number of amides is 1. The van der Waals surface area contributed by atoms with Crippen molar-refractivity contribution in [3.8, 4) is 5.75 Å². The van der Waals surface area contributed by atoms with Crippen molar-refractivity contribution in [2.45, 2.75) is 12.5 Å². The van der Waals surface area contributed by atoms with Crippen molar-refractivity contribution >= 4 is 28.6 Å². The maximum absolute atomic E-state index is 12.4. The van der Waals surface area contributed by atoms with Crippen molar-refractivity contribution in [3.05, 3.63) is 65.9 Å². The van der Waals surface area contributed by atoms with Crippen LogP contribution in [0.25, 0.3) is 10.9 Å². The first kappa shape index (κ1) is 17.2. The number of hydrogen-bond acceptors (Lipinski definition) is 4. The summed E-state index contributed by atoms with van der Waals surface area (Å²) < 4.78 is 0. The fourth-order valence-electron chi connectivity index (χ4n) is 2.67. The maximum atomic E-state index is 12.4. The molecule has 1 atom stereocenters. The predicted octanol–water partition coefficient (Wildman–Crippen LogP) is 1.87. The molecule has 0 radical (unpaired) electrons. The molecule has 2 aromatic carbocycles. The number of benzene rings is 2. The van der Waals surface area contributed by atoms with Gasteiger partial charge in [0.1, 0.15) is 11.8 Å². The first-order valence-electron chi connectivity index (χ1n) is 7.87. The van der Waals surface area contributed by atoms with E-state index in [1.165, 1.54) is 18.3 Å². The summed E-state index contributed by atoms with van der Waals surface area (Å²) >= 11 is 0. The number of para-hydroxylation sites is 1. The van der Waals surface area contributed by atoms with Crippen molar-refractivity contribution in [1.82, 2.24) is 10.3 Å². The number of phenols is 1. The van der Waals surface area contributed by atoms with E-state index >= 15 is 0 Å². The van der Waals surface area contributed by atoms with Crippen LogP contribution < -0.4 is 5.32 Å². The molecule has 7 heteroatoms. The molecule has 0 fully saturated rings. The number of carboxylic acids is 1. The van der Waals surface area contributed by atoms with Gasteiger partial charge in [0.05, 0.1) is 5.56 Å². The molecule has 3 rings (SSSR count). The van der Waals surface area contributed by atoms with E-state index in [0.717, 1.165) is 0 Å². The number of carbonyl (C=O) groups is 3. The Morgan fingerprint density at radius 1 is 1.04 bits per heavy atom. The molecule has 0 aliphatic carbocycles. The fourth-order valence-corrected chi connectivity index (χ4v) is 2.67. The highest BCUT2D eigenvalue weighted by Crippen LogP contribution is 2.18. The van der Waals surface area contributed by atoms with E-state index in [0.29, 0.717) is 16.5 Å². The molecule has 0 saturated carbocycles. The molecular weight excluding hydrogens is 336 g/mol. The van der Waals surface area contributed by atoms with E-state index in [2.05, 4.69) is 10.3 Å². The number of Topliss-reactive ketones (excluding diaryl/α,β-unsaturated/α-hetero) is 1. The molecular formula is C19H16N2O5. The number of nitrogens with one attached hydrogen (secondary N) is 2. The second-order valence-electron chi connectivity index (χ2n) is 5.81. The third-order valence-electron chi connectivity index (χ3n) is 4.02. The van der Waals surface area contributed by atoms with Gasteiger partial charge in [-0.1, -0.05) is 30.3 Å². The number of carbonyl (C=O) groups excluding carboxylic acids is 2. The van der Waals surface area contributed by atoms with Gasteiger partial charge in [0, 0.05) is 23.5 Å². The Morgan fingerprint density at radius 3 is 2.42 bits per heavy atom. The number of rotatable bonds is 6. The molecule has 0 bridgehead atoms. The zero-order valence-electron chi connectivity index (χ0n) is 13.6. The minimum Gasteiger partial charge on any atom is -0.508 e. The summed E-state index contributed by atoms with van der Waals surface area (Å²) in [4.78, 5) is 39.0. The Hall–Kier alpha value is -3.61. The minimum atomic E-state index is -1.26. The minimum absolute atomic E-state index is 0.0114. The van der Waals surface area contributed by atoms with Crippen LogP contribution in [-0.4, -0.2) is 38.9 Å². The molecule has 3 aromatic rings. The van der Waals surface area contributed by atoms with Crippen molar-refractivity contribution in [3.63, 3.8) is 0 Å². The quantitative estimate of drug-likeness (QED) is 0.399. The van der Waals surface area contributed by atoms with Gasteiger partial charge >= 0.3 is 5.97 Å². The van der Waals surface area contributed by atoms with Crippen LogP contribution in [0, 0.1) is 0 Å². The average Bonchev–Trinajstić information content (AvgIpc) is 3.06. The molecule has 132 valence electrons.